The van der Waals surface area contributed by atoms with E-state index in [0.29, 0.717) is 12.1 Å². The van der Waals surface area contributed by atoms with E-state index >= 15 is 0 Å². The third-order valence-electron chi connectivity index (χ3n) is 3.05. The molecule has 1 aromatic heterocycles. The van der Waals surface area contributed by atoms with Crippen molar-refractivity contribution in [2.75, 3.05) is 0 Å². The van der Waals surface area contributed by atoms with Gasteiger partial charge in [-0.2, -0.15) is 0 Å². The summed E-state index contributed by atoms with van der Waals surface area (Å²) in [4.78, 5) is 16.3. The molecule has 0 fully saturated rings. The van der Waals surface area contributed by atoms with Gasteiger partial charge in [0.2, 0.25) is 0 Å². The van der Waals surface area contributed by atoms with Gasteiger partial charge < -0.3 is 10.1 Å². The normalized spacial score (nSPS) is 16.8. The summed E-state index contributed by atoms with van der Waals surface area (Å²) in [5.74, 6) is 0.618. The Morgan fingerprint density at radius 2 is 2.47 bits per heavy atom. The quantitative estimate of drug-likeness (QED) is 0.935. The molecule has 0 spiro atoms. The van der Waals surface area contributed by atoms with Crippen molar-refractivity contribution in [3.8, 4) is 5.75 Å². The van der Waals surface area contributed by atoms with Gasteiger partial charge in [0.1, 0.15) is 16.9 Å². The zero-order chi connectivity index (χ0) is 13.2. The lowest BCUT2D eigenvalue weighted by atomic mass is 10.1. The molecule has 98 valence electrons. The Morgan fingerprint density at radius 1 is 1.58 bits per heavy atom. The second kappa shape index (κ2) is 5.01. The van der Waals surface area contributed by atoms with E-state index in [4.69, 9.17) is 4.74 Å². The highest BCUT2D eigenvalue weighted by Crippen LogP contribution is 2.32. The van der Waals surface area contributed by atoms with Crippen LogP contribution in [0.4, 0.5) is 0 Å². The number of thiazole rings is 1. The smallest absolute Gasteiger partial charge is 0.255 e. The molecule has 4 nitrogen and oxygen atoms in total. The minimum absolute atomic E-state index is 0.110. The Morgan fingerprint density at radius 3 is 3.26 bits per heavy atom. The molecule has 1 atom stereocenters. The first-order valence-corrected chi connectivity index (χ1v) is 7.07. The zero-order valence-electron chi connectivity index (χ0n) is 10.6. The topological polar surface area (TPSA) is 51.2 Å². The van der Waals surface area contributed by atoms with E-state index in [1.807, 2.05) is 24.4 Å². The van der Waals surface area contributed by atoms with Crippen molar-refractivity contribution in [1.82, 2.24) is 10.3 Å². The molecule has 3 rings (SSSR count). The molecule has 0 aliphatic carbocycles. The predicted octanol–water partition coefficient (Wildman–Crippen LogP) is 2.40. The number of hydrogen-bond acceptors (Lipinski definition) is 4. The summed E-state index contributed by atoms with van der Waals surface area (Å²) in [6.45, 7) is 2.47. The zero-order valence-corrected chi connectivity index (χ0v) is 11.4. The van der Waals surface area contributed by atoms with E-state index in [1.165, 1.54) is 11.3 Å². The van der Waals surface area contributed by atoms with Gasteiger partial charge in [0.25, 0.3) is 5.91 Å². The van der Waals surface area contributed by atoms with Crippen LogP contribution in [0.3, 0.4) is 0 Å². The van der Waals surface area contributed by atoms with Crippen molar-refractivity contribution >= 4 is 17.2 Å². The maximum Gasteiger partial charge on any atom is 0.255 e. The molecule has 1 unspecified atom stereocenters. The van der Waals surface area contributed by atoms with E-state index in [1.54, 1.807) is 12.3 Å². The lowest BCUT2D eigenvalue weighted by molar-refractivity contribution is 0.0946. The highest BCUT2D eigenvalue weighted by Gasteiger charge is 2.24. The van der Waals surface area contributed by atoms with Gasteiger partial charge in [-0.3, -0.25) is 4.79 Å². The number of amides is 1. The predicted molar refractivity (Wildman–Crippen MR) is 73.5 cm³/mol. The summed E-state index contributed by atoms with van der Waals surface area (Å²) in [6.07, 6.45) is 2.74. The van der Waals surface area contributed by atoms with E-state index in [0.717, 1.165) is 22.7 Å². The molecule has 1 aliphatic heterocycles. The third-order valence-corrected chi connectivity index (χ3v) is 3.83. The molecule has 1 aromatic carbocycles. The second-order valence-corrected chi connectivity index (χ2v) is 5.51. The first kappa shape index (κ1) is 12.2. The number of carbonyl (C=O) groups is 1. The first-order chi connectivity index (χ1) is 9.24. The van der Waals surface area contributed by atoms with Gasteiger partial charge in [0, 0.05) is 18.0 Å². The SMILES string of the molecule is CC1Cc2cccc(C(=O)NCc3nccs3)c2O1. The monoisotopic (exact) mass is 274 g/mol. The van der Waals surface area contributed by atoms with Crippen LogP contribution in [0, 0.1) is 0 Å². The molecule has 0 bridgehead atoms. The molecule has 19 heavy (non-hydrogen) atoms. The molecule has 5 heteroatoms. The van der Waals surface area contributed by atoms with Crippen molar-refractivity contribution in [1.29, 1.82) is 0 Å². The molecule has 1 N–H and O–H groups in total. The number of para-hydroxylation sites is 1. The standard InChI is InChI=1S/C14H14N2O2S/c1-9-7-10-3-2-4-11(13(10)18-9)14(17)16-8-12-15-5-6-19-12/h2-6,9H,7-8H2,1H3,(H,16,17). The Kier molecular flexibility index (Phi) is 3.21. The number of nitrogens with one attached hydrogen (secondary N) is 1. The first-order valence-electron chi connectivity index (χ1n) is 6.19. The summed E-state index contributed by atoms with van der Waals surface area (Å²) < 4.78 is 5.72. The lowest BCUT2D eigenvalue weighted by Gasteiger charge is -2.09. The fourth-order valence-corrected chi connectivity index (χ4v) is 2.76. The van der Waals surface area contributed by atoms with Crippen LogP contribution < -0.4 is 10.1 Å². The van der Waals surface area contributed by atoms with Gasteiger partial charge in [0.05, 0.1) is 12.1 Å². The summed E-state index contributed by atoms with van der Waals surface area (Å²) in [5.41, 5.74) is 1.72. The molecule has 0 radical (unpaired) electrons. The van der Waals surface area contributed by atoms with Gasteiger partial charge in [-0.25, -0.2) is 4.98 Å². The fourth-order valence-electron chi connectivity index (χ4n) is 2.21. The summed E-state index contributed by atoms with van der Waals surface area (Å²) >= 11 is 1.53. The molecule has 1 amide bonds. The Labute approximate surface area is 115 Å². The van der Waals surface area contributed by atoms with Gasteiger partial charge >= 0.3 is 0 Å². The molecular formula is C14H14N2O2S. The van der Waals surface area contributed by atoms with E-state index in [9.17, 15) is 4.79 Å². The van der Waals surface area contributed by atoms with Crippen LogP contribution in [0.15, 0.2) is 29.8 Å². The number of carbonyl (C=O) groups excluding carboxylic acids is 1. The van der Waals surface area contributed by atoms with Crippen molar-refractivity contribution in [3.05, 3.63) is 45.9 Å². The average molecular weight is 274 g/mol. The van der Waals surface area contributed by atoms with Crippen molar-refractivity contribution < 1.29 is 9.53 Å². The Balaban J connectivity index is 1.76. The maximum atomic E-state index is 12.2. The fraction of sp³-hybridized carbons (Fsp3) is 0.286. The highest BCUT2D eigenvalue weighted by molar-refractivity contribution is 7.09. The van der Waals surface area contributed by atoms with Crippen LogP contribution in [0.5, 0.6) is 5.75 Å². The van der Waals surface area contributed by atoms with Crippen LogP contribution in [-0.4, -0.2) is 17.0 Å². The van der Waals surface area contributed by atoms with Crippen LogP contribution in [0.1, 0.15) is 27.9 Å². The number of rotatable bonds is 3. The summed E-state index contributed by atoms with van der Waals surface area (Å²) in [5, 5.41) is 5.67. The molecule has 0 saturated heterocycles. The minimum atomic E-state index is -0.110. The van der Waals surface area contributed by atoms with Crippen LogP contribution in [0.25, 0.3) is 0 Å². The molecule has 0 saturated carbocycles. The van der Waals surface area contributed by atoms with Crippen LogP contribution >= 0.6 is 11.3 Å². The number of nitrogens with zero attached hydrogens (tertiary/aromatic N) is 1. The molecular weight excluding hydrogens is 260 g/mol. The summed E-state index contributed by atoms with van der Waals surface area (Å²) in [6, 6.07) is 5.71. The number of hydrogen-bond donors (Lipinski definition) is 1. The van der Waals surface area contributed by atoms with Crippen molar-refractivity contribution in [3.63, 3.8) is 0 Å². The summed E-state index contributed by atoms with van der Waals surface area (Å²) in [7, 11) is 0. The Hall–Kier alpha value is -1.88. The third kappa shape index (κ3) is 2.46. The van der Waals surface area contributed by atoms with Gasteiger partial charge in [-0.05, 0) is 18.6 Å². The molecule has 1 aliphatic rings. The van der Waals surface area contributed by atoms with Gasteiger partial charge in [0.15, 0.2) is 0 Å². The van der Waals surface area contributed by atoms with E-state index in [2.05, 4.69) is 10.3 Å². The van der Waals surface area contributed by atoms with Crippen LogP contribution in [0.2, 0.25) is 0 Å². The minimum Gasteiger partial charge on any atom is -0.489 e. The second-order valence-electron chi connectivity index (χ2n) is 4.53. The largest absolute Gasteiger partial charge is 0.489 e. The molecule has 2 aromatic rings. The highest BCUT2D eigenvalue weighted by atomic mass is 32.1. The van der Waals surface area contributed by atoms with Crippen LogP contribution in [-0.2, 0) is 13.0 Å². The van der Waals surface area contributed by atoms with E-state index in [-0.39, 0.29) is 12.0 Å². The lowest BCUT2D eigenvalue weighted by Crippen LogP contribution is -2.23. The Bertz CT molecular complexity index is 595. The van der Waals surface area contributed by atoms with Crippen molar-refractivity contribution in [2.45, 2.75) is 26.0 Å². The van der Waals surface area contributed by atoms with Gasteiger partial charge in [-0.15, -0.1) is 11.3 Å². The maximum absolute atomic E-state index is 12.2. The number of aromatic nitrogens is 1. The average Bonchev–Trinajstić information content (AvgIpc) is 3.02. The number of benzene rings is 1. The number of fused-ring (bicyclic) bond motifs is 1. The van der Waals surface area contributed by atoms with E-state index < -0.39 is 0 Å². The number of ether oxygens (including phenoxy) is 1. The molecule has 2 heterocycles. The van der Waals surface area contributed by atoms with Crippen molar-refractivity contribution in [2.24, 2.45) is 0 Å². The van der Waals surface area contributed by atoms with Gasteiger partial charge in [-0.1, -0.05) is 12.1 Å².